The first-order valence-electron chi connectivity index (χ1n) is 8.07. The van der Waals surface area contributed by atoms with Crippen LogP contribution in [0.1, 0.15) is 47.0 Å². The zero-order valence-electron chi connectivity index (χ0n) is 13.9. The first kappa shape index (κ1) is 15.6. The number of urea groups is 1. The van der Waals surface area contributed by atoms with E-state index in [-0.39, 0.29) is 12.1 Å². The minimum Gasteiger partial charge on any atom is -0.361 e. The number of aromatic nitrogens is 1. The number of fused-ring (bicyclic) bond motifs is 1. The zero-order chi connectivity index (χ0) is 16.4. The van der Waals surface area contributed by atoms with Gasteiger partial charge >= 0.3 is 6.03 Å². The second-order valence-electron chi connectivity index (χ2n) is 6.25. The molecule has 1 heterocycles. The van der Waals surface area contributed by atoms with E-state index < -0.39 is 0 Å². The largest absolute Gasteiger partial charge is 0.361 e. The number of nitrogens with zero attached hydrogens (tertiary/aromatic N) is 2. The highest BCUT2D eigenvalue weighted by Crippen LogP contribution is 2.29. The van der Waals surface area contributed by atoms with E-state index >= 15 is 0 Å². The molecule has 0 spiro atoms. The number of benzene rings is 1. The minimum atomic E-state index is -0.0632. The molecule has 1 aliphatic carbocycles. The number of carbonyl (C=O) groups is 1. The van der Waals surface area contributed by atoms with E-state index in [9.17, 15) is 4.79 Å². The van der Waals surface area contributed by atoms with Crippen LogP contribution in [0.25, 0.3) is 0 Å². The number of rotatable bonds is 3. The van der Waals surface area contributed by atoms with E-state index in [0.29, 0.717) is 6.54 Å². The Morgan fingerprint density at radius 2 is 2.17 bits per heavy atom. The molecule has 0 saturated carbocycles. The number of carbonyl (C=O) groups excluding carboxylic acids is 1. The third kappa shape index (κ3) is 3.23. The van der Waals surface area contributed by atoms with E-state index in [1.807, 2.05) is 19.9 Å². The predicted octanol–water partition coefficient (Wildman–Crippen LogP) is 3.51. The fraction of sp³-hybridized carbons (Fsp3) is 0.444. The van der Waals surface area contributed by atoms with E-state index in [2.05, 4.69) is 28.7 Å². The molecule has 0 aliphatic heterocycles. The second-order valence-corrected chi connectivity index (χ2v) is 6.25. The van der Waals surface area contributed by atoms with Crippen LogP contribution in [-0.2, 0) is 13.0 Å². The van der Waals surface area contributed by atoms with Crippen LogP contribution in [0.15, 0.2) is 28.8 Å². The van der Waals surface area contributed by atoms with Gasteiger partial charge in [0.1, 0.15) is 5.76 Å². The number of hydrogen-bond donors (Lipinski definition) is 1. The van der Waals surface area contributed by atoms with E-state index in [0.717, 1.165) is 36.3 Å². The normalized spacial score (nSPS) is 16.7. The van der Waals surface area contributed by atoms with Gasteiger partial charge in [-0.1, -0.05) is 29.4 Å². The summed E-state index contributed by atoms with van der Waals surface area (Å²) in [6.45, 7) is 4.27. The van der Waals surface area contributed by atoms with Crippen molar-refractivity contribution >= 4 is 6.03 Å². The summed E-state index contributed by atoms with van der Waals surface area (Å²) in [5, 5.41) is 7.10. The van der Waals surface area contributed by atoms with Gasteiger partial charge in [-0.05, 0) is 44.2 Å². The maximum absolute atomic E-state index is 12.5. The van der Waals surface area contributed by atoms with Crippen LogP contribution < -0.4 is 5.32 Å². The average molecular weight is 313 g/mol. The summed E-state index contributed by atoms with van der Waals surface area (Å²) in [5.41, 5.74) is 4.41. The number of hydrogen-bond acceptors (Lipinski definition) is 3. The van der Waals surface area contributed by atoms with Crippen molar-refractivity contribution in [2.24, 2.45) is 0 Å². The molecule has 1 aromatic heterocycles. The third-order valence-electron chi connectivity index (χ3n) is 4.59. The lowest BCUT2D eigenvalue weighted by Gasteiger charge is -2.28. The molecule has 1 aromatic carbocycles. The Kier molecular flexibility index (Phi) is 4.37. The predicted molar refractivity (Wildman–Crippen MR) is 88.1 cm³/mol. The van der Waals surface area contributed by atoms with Gasteiger partial charge in [0.15, 0.2) is 0 Å². The lowest BCUT2D eigenvalue weighted by Crippen LogP contribution is -2.40. The first-order chi connectivity index (χ1) is 11.1. The Morgan fingerprint density at radius 3 is 2.91 bits per heavy atom. The molecular weight excluding hydrogens is 290 g/mol. The van der Waals surface area contributed by atoms with Gasteiger partial charge in [0.05, 0.1) is 18.3 Å². The number of aryl methyl sites for hydroxylation is 3. The highest BCUT2D eigenvalue weighted by atomic mass is 16.5. The molecule has 2 amide bonds. The molecule has 5 nitrogen and oxygen atoms in total. The van der Waals surface area contributed by atoms with Crippen LogP contribution in [0, 0.1) is 13.8 Å². The van der Waals surface area contributed by atoms with Gasteiger partial charge < -0.3 is 14.7 Å². The number of amides is 2. The highest BCUT2D eigenvalue weighted by Gasteiger charge is 2.23. The average Bonchev–Trinajstić information content (AvgIpc) is 2.87. The number of nitrogens with one attached hydrogen (secondary N) is 1. The van der Waals surface area contributed by atoms with Crippen molar-refractivity contribution in [3.8, 4) is 0 Å². The third-order valence-corrected chi connectivity index (χ3v) is 4.59. The van der Waals surface area contributed by atoms with Crippen LogP contribution >= 0.6 is 0 Å². The molecule has 1 N–H and O–H groups in total. The Balaban J connectivity index is 1.68. The summed E-state index contributed by atoms with van der Waals surface area (Å²) >= 11 is 0. The topological polar surface area (TPSA) is 58.4 Å². The van der Waals surface area contributed by atoms with Crippen molar-refractivity contribution in [1.29, 1.82) is 0 Å². The standard InChI is InChI=1S/C18H23N3O2/c1-12-16(13(2)23-20-12)11-21(3)18(22)19-17-10-6-8-14-7-4-5-9-15(14)17/h4-5,7,9,17H,6,8,10-11H2,1-3H3,(H,19,22). The van der Waals surface area contributed by atoms with Gasteiger partial charge in [-0.2, -0.15) is 0 Å². The van der Waals surface area contributed by atoms with Gasteiger partial charge in [0.2, 0.25) is 0 Å². The Labute approximate surface area is 136 Å². The van der Waals surface area contributed by atoms with Crippen LogP contribution in [0.5, 0.6) is 0 Å². The van der Waals surface area contributed by atoms with Crippen LogP contribution in [-0.4, -0.2) is 23.1 Å². The van der Waals surface area contributed by atoms with Gasteiger partial charge in [0, 0.05) is 12.6 Å². The van der Waals surface area contributed by atoms with Gasteiger partial charge in [0.25, 0.3) is 0 Å². The zero-order valence-corrected chi connectivity index (χ0v) is 13.9. The van der Waals surface area contributed by atoms with E-state index in [4.69, 9.17) is 4.52 Å². The molecule has 1 unspecified atom stereocenters. The molecule has 1 atom stereocenters. The van der Waals surface area contributed by atoms with Gasteiger partial charge in [-0.25, -0.2) is 4.79 Å². The maximum atomic E-state index is 12.5. The summed E-state index contributed by atoms with van der Waals surface area (Å²) in [6, 6.07) is 8.41. The molecule has 3 rings (SSSR count). The fourth-order valence-electron chi connectivity index (χ4n) is 3.20. The molecule has 0 radical (unpaired) electrons. The van der Waals surface area contributed by atoms with E-state index in [1.165, 1.54) is 11.1 Å². The summed E-state index contributed by atoms with van der Waals surface area (Å²) in [6.07, 6.45) is 3.19. The first-order valence-corrected chi connectivity index (χ1v) is 8.07. The molecule has 0 bridgehead atoms. The summed E-state index contributed by atoms with van der Waals surface area (Å²) < 4.78 is 5.16. The van der Waals surface area contributed by atoms with Gasteiger partial charge in [-0.3, -0.25) is 0 Å². The Hall–Kier alpha value is -2.30. The fourth-order valence-corrected chi connectivity index (χ4v) is 3.20. The molecule has 122 valence electrons. The molecular formula is C18H23N3O2. The Bertz CT molecular complexity index is 689. The second kappa shape index (κ2) is 6.44. The van der Waals surface area contributed by atoms with Gasteiger partial charge in [-0.15, -0.1) is 0 Å². The smallest absolute Gasteiger partial charge is 0.317 e. The van der Waals surface area contributed by atoms with Crippen molar-refractivity contribution in [3.63, 3.8) is 0 Å². The van der Waals surface area contributed by atoms with Crippen LogP contribution in [0.3, 0.4) is 0 Å². The summed E-state index contributed by atoms with van der Waals surface area (Å²) in [4.78, 5) is 14.2. The SMILES string of the molecule is Cc1noc(C)c1CN(C)C(=O)NC1CCCc2ccccc21. The quantitative estimate of drug-likeness (QED) is 0.943. The van der Waals surface area contributed by atoms with Crippen molar-refractivity contribution in [1.82, 2.24) is 15.4 Å². The van der Waals surface area contributed by atoms with Crippen molar-refractivity contribution in [2.45, 2.75) is 45.7 Å². The Morgan fingerprint density at radius 1 is 1.39 bits per heavy atom. The summed E-state index contributed by atoms with van der Waals surface area (Å²) in [5.74, 6) is 0.769. The maximum Gasteiger partial charge on any atom is 0.317 e. The van der Waals surface area contributed by atoms with Crippen LogP contribution in [0.2, 0.25) is 0 Å². The molecule has 2 aromatic rings. The van der Waals surface area contributed by atoms with Crippen molar-refractivity contribution in [3.05, 3.63) is 52.4 Å². The molecule has 0 fully saturated rings. The lowest BCUT2D eigenvalue weighted by molar-refractivity contribution is 0.201. The highest BCUT2D eigenvalue weighted by molar-refractivity contribution is 5.74. The molecule has 5 heteroatoms. The monoisotopic (exact) mass is 313 g/mol. The molecule has 23 heavy (non-hydrogen) atoms. The lowest BCUT2D eigenvalue weighted by atomic mass is 9.88. The van der Waals surface area contributed by atoms with Crippen molar-refractivity contribution in [2.75, 3.05) is 7.05 Å². The molecule has 0 saturated heterocycles. The molecule has 1 aliphatic rings. The van der Waals surface area contributed by atoms with E-state index in [1.54, 1.807) is 11.9 Å². The van der Waals surface area contributed by atoms with Crippen molar-refractivity contribution < 1.29 is 9.32 Å². The summed E-state index contributed by atoms with van der Waals surface area (Å²) in [7, 11) is 1.80. The van der Waals surface area contributed by atoms with Crippen LogP contribution in [0.4, 0.5) is 4.79 Å². The minimum absolute atomic E-state index is 0.0632.